The molecule has 0 saturated carbocycles. The van der Waals surface area contributed by atoms with Gasteiger partial charge in [0, 0.05) is 33.9 Å². The molecule has 4 aromatic carbocycles. The third-order valence-corrected chi connectivity index (χ3v) is 7.23. The zero-order valence-electron chi connectivity index (χ0n) is 23.4. The van der Waals surface area contributed by atoms with Gasteiger partial charge >= 0.3 is 0 Å². The highest BCUT2D eigenvalue weighted by molar-refractivity contribution is 6.09. The van der Waals surface area contributed by atoms with Crippen LogP contribution in [0.1, 0.15) is 22.5 Å². The maximum Gasteiger partial charge on any atom is 0.131 e. The van der Waals surface area contributed by atoms with Crippen molar-refractivity contribution in [2.24, 2.45) is 9.98 Å². The predicted octanol–water partition coefficient (Wildman–Crippen LogP) is 8.69. The zero-order valence-corrected chi connectivity index (χ0v) is 23.4. The molecule has 0 aliphatic carbocycles. The van der Waals surface area contributed by atoms with Gasteiger partial charge < -0.3 is 15.6 Å². The molecule has 43 heavy (non-hydrogen) atoms. The van der Waals surface area contributed by atoms with E-state index in [9.17, 15) is 0 Å². The molecule has 206 valence electrons. The smallest absolute Gasteiger partial charge is 0.131 e. The van der Waals surface area contributed by atoms with Gasteiger partial charge in [-0.2, -0.15) is 0 Å². The van der Waals surface area contributed by atoms with Crippen molar-refractivity contribution in [2.75, 3.05) is 10.6 Å². The summed E-state index contributed by atoms with van der Waals surface area (Å²) < 4.78 is 0. The van der Waals surface area contributed by atoms with Crippen molar-refractivity contribution >= 4 is 34.2 Å². The van der Waals surface area contributed by atoms with Crippen molar-refractivity contribution in [3.63, 3.8) is 0 Å². The van der Waals surface area contributed by atoms with Crippen LogP contribution in [0.25, 0.3) is 11.1 Å². The van der Waals surface area contributed by atoms with Gasteiger partial charge in [0.2, 0.25) is 0 Å². The van der Waals surface area contributed by atoms with Crippen LogP contribution in [0, 0.1) is 0 Å². The Kier molecular flexibility index (Phi) is 7.19. The van der Waals surface area contributed by atoms with Gasteiger partial charge in [0.25, 0.3) is 0 Å². The van der Waals surface area contributed by atoms with Gasteiger partial charge in [-0.25, -0.2) is 9.98 Å². The Labute approximate surface area is 251 Å². The fourth-order valence-electron chi connectivity index (χ4n) is 5.26. The highest BCUT2D eigenvalue weighted by Crippen LogP contribution is 2.34. The number of aromatic amines is 1. The van der Waals surface area contributed by atoms with Gasteiger partial charge in [-0.15, -0.1) is 0 Å². The van der Waals surface area contributed by atoms with Gasteiger partial charge in [-0.3, -0.25) is 0 Å². The largest absolute Gasteiger partial charge is 0.354 e. The van der Waals surface area contributed by atoms with Gasteiger partial charge in [-0.1, -0.05) is 97.1 Å². The van der Waals surface area contributed by atoms with Crippen molar-refractivity contribution in [1.29, 1.82) is 0 Å². The van der Waals surface area contributed by atoms with Crippen LogP contribution in [0.4, 0.5) is 11.4 Å². The Morgan fingerprint density at radius 2 is 0.791 bits per heavy atom. The number of rotatable bonds is 6. The summed E-state index contributed by atoms with van der Waals surface area (Å²) in [5, 5.41) is 6.83. The molecular weight excluding hydrogens is 526 g/mol. The van der Waals surface area contributed by atoms with Gasteiger partial charge in [0.1, 0.15) is 11.7 Å². The number of hydrogen-bond donors (Lipinski definition) is 3. The lowest BCUT2D eigenvalue weighted by Crippen LogP contribution is -2.06. The summed E-state index contributed by atoms with van der Waals surface area (Å²) in [6, 6.07) is 45.2. The van der Waals surface area contributed by atoms with Crippen molar-refractivity contribution in [1.82, 2.24) is 4.98 Å². The Balaban J connectivity index is 1.29. The molecule has 0 bridgehead atoms. The molecule has 0 saturated heterocycles. The third kappa shape index (κ3) is 5.78. The second-order valence-corrected chi connectivity index (χ2v) is 10.2. The number of hydrogen-bond acceptors (Lipinski definition) is 4. The van der Waals surface area contributed by atoms with Crippen LogP contribution < -0.4 is 10.6 Å². The first kappa shape index (κ1) is 26.0. The lowest BCUT2D eigenvalue weighted by atomic mass is 10.0. The number of anilines is 2. The monoisotopic (exact) mass is 555 g/mol. The number of para-hydroxylation sites is 2. The molecule has 2 aliphatic rings. The van der Waals surface area contributed by atoms with Crippen LogP contribution in [-0.4, -0.2) is 16.7 Å². The second kappa shape index (κ2) is 11.9. The van der Waals surface area contributed by atoms with Crippen molar-refractivity contribution < 1.29 is 0 Å². The minimum absolute atomic E-state index is 0.803. The molecule has 0 atom stereocenters. The predicted molar refractivity (Wildman–Crippen MR) is 179 cm³/mol. The summed E-state index contributed by atoms with van der Waals surface area (Å²) in [5.74, 6) is 1.61. The Morgan fingerprint density at radius 1 is 0.419 bits per heavy atom. The minimum atomic E-state index is 0.803. The average Bonchev–Trinajstić information content (AvgIpc) is 3.83. The topological polar surface area (TPSA) is 64.6 Å². The molecule has 2 aliphatic heterocycles. The van der Waals surface area contributed by atoms with E-state index < -0.39 is 0 Å². The molecule has 0 amide bonds. The summed E-state index contributed by atoms with van der Waals surface area (Å²) >= 11 is 0. The number of benzene rings is 4. The number of aliphatic imine (C=N–C) groups is 2. The summed E-state index contributed by atoms with van der Waals surface area (Å²) in [4.78, 5) is 13.7. The fourth-order valence-corrected chi connectivity index (χ4v) is 5.26. The van der Waals surface area contributed by atoms with Crippen LogP contribution in [-0.2, 0) is 0 Å². The highest BCUT2D eigenvalue weighted by atomic mass is 15.0. The Hall–Kier alpha value is -5.94. The summed E-state index contributed by atoms with van der Waals surface area (Å²) in [5.41, 5.74) is 9.97. The van der Waals surface area contributed by atoms with E-state index in [1.165, 1.54) is 0 Å². The highest BCUT2D eigenvalue weighted by Gasteiger charge is 2.20. The van der Waals surface area contributed by atoms with Crippen molar-refractivity contribution in [2.45, 2.75) is 0 Å². The molecule has 5 aromatic rings. The molecule has 0 radical (unpaired) electrons. The lowest BCUT2D eigenvalue weighted by molar-refractivity contribution is 1.27. The molecule has 0 fully saturated rings. The van der Waals surface area contributed by atoms with E-state index in [1.54, 1.807) is 0 Å². The van der Waals surface area contributed by atoms with E-state index in [-0.39, 0.29) is 0 Å². The van der Waals surface area contributed by atoms with Gasteiger partial charge in [0.15, 0.2) is 0 Å². The van der Waals surface area contributed by atoms with Crippen LogP contribution in [0.15, 0.2) is 179 Å². The van der Waals surface area contributed by atoms with E-state index in [0.29, 0.717) is 0 Å². The second-order valence-electron chi connectivity index (χ2n) is 10.2. The number of nitrogens with zero attached hydrogens (tertiary/aromatic N) is 2. The van der Waals surface area contributed by atoms with E-state index in [4.69, 9.17) is 9.98 Å². The molecule has 3 heterocycles. The van der Waals surface area contributed by atoms with Crippen LogP contribution >= 0.6 is 0 Å². The number of H-pyrrole nitrogens is 1. The zero-order chi connectivity index (χ0) is 28.8. The van der Waals surface area contributed by atoms with E-state index >= 15 is 0 Å². The molecule has 1 aromatic heterocycles. The molecule has 0 spiro atoms. The van der Waals surface area contributed by atoms with E-state index in [2.05, 4.69) is 88.4 Å². The first-order valence-electron chi connectivity index (χ1n) is 14.3. The maximum atomic E-state index is 4.98. The number of allylic oxidation sites excluding steroid dienone is 2. The SMILES string of the molecule is C1=C/C(=C(\c2ccccc2)c2ccc(/C(=C3/C=CC(Nc4ccccc4)=N3)c3ccccc3)[nH]2)N=C1Nc1ccccc1. The first-order valence-corrected chi connectivity index (χ1v) is 14.3. The van der Waals surface area contributed by atoms with Gasteiger partial charge in [0.05, 0.1) is 11.4 Å². The summed E-state index contributed by atoms with van der Waals surface area (Å²) in [6.45, 7) is 0. The number of aromatic nitrogens is 1. The Bertz CT molecular complexity index is 1780. The molecule has 7 rings (SSSR count). The Morgan fingerprint density at radius 3 is 1.19 bits per heavy atom. The molecule has 0 unspecified atom stereocenters. The maximum absolute atomic E-state index is 4.98. The van der Waals surface area contributed by atoms with E-state index in [1.807, 2.05) is 84.9 Å². The quantitative estimate of drug-likeness (QED) is 0.196. The third-order valence-electron chi connectivity index (χ3n) is 7.23. The van der Waals surface area contributed by atoms with Gasteiger partial charge in [-0.05, 0) is 71.8 Å². The number of amidine groups is 2. The first-order chi connectivity index (χ1) is 21.3. The fraction of sp³-hybridized carbons (Fsp3) is 0. The molecule has 5 heteroatoms. The summed E-state index contributed by atoms with van der Waals surface area (Å²) in [6.07, 6.45) is 8.17. The van der Waals surface area contributed by atoms with Crippen molar-refractivity contribution in [3.8, 4) is 0 Å². The standard InChI is InChI=1S/C38H29N5/c1-5-13-27(14-6-1)37(33-23-25-35(42-33)39-29-17-9-3-10-18-29)31-21-22-32(41-31)38(28-15-7-2-8-16-28)34-24-26-36(43-34)40-30-19-11-4-12-20-30/h1-26,41H,(H,39,42)(H,40,43)/b37-33-,38-34-. The minimum Gasteiger partial charge on any atom is -0.354 e. The number of nitrogens with one attached hydrogen (secondary N) is 3. The van der Waals surface area contributed by atoms with E-state index in [0.717, 1.165) is 68.1 Å². The normalized spacial score (nSPS) is 16.1. The molecular formula is C38H29N5. The lowest BCUT2D eigenvalue weighted by Gasteiger charge is -2.11. The molecule has 5 nitrogen and oxygen atoms in total. The van der Waals surface area contributed by atoms with Crippen LogP contribution in [0.2, 0.25) is 0 Å². The van der Waals surface area contributed by atoms with Crippen LogP contribution in [0.3, 0.4) is 0 Å². The summed E-state index contributed by atoms with van der Waals surface area (Å²) in [7, 11) is 0. The van der Waals surface area contributed by atoms with Crippen molar-refractivity contribution in [3.05, 3.63) is 192 Å². The van der Waals surface area contributed by atoms with Crippen LogP contribution in [0.5, 0.6) is 0 Å². The molecule has 3 N–H and O–H groups in total. The average molecular weight is 556 g/mol.